The number of rotatable bonds is 9. The van der Waals surface area contributed by atoms with Crippen molar-refractivity contribution < 1.29 is 0 Å². The molecule has 7 aromatic rings. The number of hydrogen-bond donors (Lipinski definition) is 0. The molecule has 0 saturated carbocycles. The summed E-state index contributed by atoms with van der Waals surface area (Å²) in [4.78, 5) is 14.4. The minimum absolute atomic E-state index is 0.0805. The number of anilines is 11. The van der Waals surface area contributed by atoms with Gasteiger partial charge in [-0.25, -0.2) is 0 Å². The lowest BCUT2D eigenvalue weighted by molar-refractivity contribution is 0.930. The number of hydrogen-bond acceptors (Lipinski definition) is 6. The van der Waals surface area contributed by atoms with Gasteiger partial charge in [-0.3, -0.25) is 0 Å². The minimum Gasteiger partial charge on any atom is -0.366 e. The molecule has 64 heavy (non-hydrogen) atoms. The molecule has 5 aliphatic rings. The Hall–Kier alpha value is -8.09. The van der Waals surface area contributed by atoms with Gasteiger partial charge < -0.3 is 29.0 Å². The minimum atomic E-state index is 0.0805. The van der Waals surface area contributed by atoms with Crippen LogP contribution < -0.4 is 29.0 Å². The summed E-state index contributed by atoms with van der Waals surface area (Å²) in [5, 5.41) is 0. The molecule has 304 valence electrons. The van der Waals surface area contributed by atoms with E-state index in [1.54, 1.807) is 0 Å². The largest absolute Gasteiger partial charge is 0.412 e. The number of fused-ring (bicyclic) bond motifs is 6. The predicted octanol–water partition coefficient (Wildman–Crippen LogP) is 14.2. The highest BCUT2D eigenvalue weighted by Crippen LogP contribution is 2.49. The van der Waals surface area contributed by atoms with Crippen molar-refractivity contribution in [2.75, 3.05) is 29.0 Å². The van der Waals surface area contributed by atoms with Gasteiger partial charge in [0.05, 0.1) is 22.7 Å². The van der Waals surface area contributed by atoms with E-state index in [0.717, 1.165) is 41.3 Å². The van der Waals surface area contributed by atoms with Crippen LogP contribution in [-0.2, 0) is 0 Å². The van der Waals surface area contributed by atoms with Crippen LogP contribution in [0.25, 0.3) is 5.57 Å². The topological polar surface area (TPSA) is 19.4 Å². The molecular weight excluding hydrogens is 778 g/mol. The monoisotopic (exact) mass is 822 g/mol. The number of allylic oxidation sites excluding steroid dienone is 8. The first-order chi connectivity index (χ1) is 31.8. The van der Waals surface area contributed by atoms with Crippen LogP contribution >= 0.6 is 0 Å². The van der Waals surface area contributed by atoms with Crippen LogP contribution in [0.5, 0.6) is 0 Å². The summed E-state index contributed by atoms with van der Waals surface area (Å²) in [5.41, 5.74) is 16.6. The van der Waals surface area contributed by atoms with Gasteiger partial charge in [0.1, 0.15) is 0 Å². The van der Waals surface area contributed by atoms with Gasteiger partial charge in [0.25, 0.3) is 0 Å². The molecule has 8 heteroatoms. The van der Waals surface area contributed by atoms with Gasteiger partial charge in [0.15, 0.2) is 0 Å². The van der Waals surface area contributed by atoms with Gasteiger partial charge in [-0.05, 0) is 152 Å². The molecule has 0 spiro atoms. The van der Waals surface area contributed by atoms with Crippen LogP contribution in [0.4, 0.5) is 62.6 Å². The molecule has 0 unspecified atom stereocenters. The summed E-state index contributed by atoms with van der Waals surface area (Å²) in [6.45, 7) is 0.168. The highest BCUT2D eigenvalue weighted by Gasteiger charge is 2.41. The van der Waals surface area contributed by atoms with Crippen LogP contribution in [0.15, 0.2) is 248 Å². The third kappa shape index (κ3) is 6.54. The van der Waals surface area contributed by atoms with Gasteiger partial charge in [-0.1, -0.05) is 115 Å². The Morgan fingerprint density at radius 1 is 0.375 bits per heavy atom. The van der Waals surface area contributed by atoms with Crippen LogP contribution in [0.1, 0.15) is 18.4 Å². The Balaban J connectivity index is 0.863. The summed E-state index contributed by atoms with van der Waals surface area (Å²) >= 11 is 0. The normalized spacial score (nSPS) is 15.4. The predicted molar refractivity (Wildman–Crippen MR) is 272 cm³/mol. The van der Waals surface area contributed by atoms with Crippen molar-refractivity contribution in [1.82, 2.24) is 0 Å². The van der Waals surface area contributed by atoms with Crippen LogP contribution in [-0.4, -0.2) is 14.0 Å². The van der Waals surface area contributed by atoms with E-state index >= 15 is 0 Å². The Kier molecular flexibility index (Phi) is 9.41. The van der Waals surface area contributed by atoms with Gasteiger partial charge in [0, 0.05) is 45.5 Å². The molecule has 0 saturated heterocycles. The van der Waals surface area contributed by atoms with E-state index in [2.05, 4.69) is 272 Å². The summed E-state index contributed by atoms with van der Waals surface area (Å²) in [6, 6.07) is 65.8. The molecule has 0 fully saturated rings. The second-order valence-corrected chi connectivity index (χ2v) is 16.6. The first-order valence-electron chi connectivity index (χ1n) is 22.2. The Morgan fingerprint density at radius 3 is 1.33 bits per heavy atom. The van der Waals surface area contributed by atoms with Crippen molar-refractivity contribution in [3.8, 4) is 0 Å². The van der Waals surface area contributed by atoms with Crippen molar-refractivity contribution in [3.05, 3.63) is 254 Å². The van der Waals surface area contributed by atoms with Gasteiger partial charge >= 0.3 is 14.0 Å². The molecule has 6 nitrogen and oxygen atoms in total. The molecule has 7 aromatic carbocycles. The van der Waals surface area contributed by atoms with E-state index in [0.29, 0.717) is 0 Å². The molecule has 4 aliphatic heterocycles. The van der Waals surface area contributed by atoms with E-state index in [4.69, 9.17) is 0 Å². The van der Waals surface area contributed by atoms with E-state index in [9.17, 15) is 0 Å². The standard InChI is InChI=1S/C56H44B2N6/c1-5-17-45(18-6-1)61(51-33-35-53-55(41-51)59-39-15-13-37-57(59)63(53)49-21-9-3-10-22-49)47-29-25-43(26-30-47)44-27-31-48(32-28-44)62(46-19-7-2-8-20-46)52-34-36-54-56(42-52)60-40-16-14-38-58(60)64(54)50-23-11-4-12-24-50/h1-27,29-31,33-42H,28,32H2. The fourth-order valence-corrected chi connectivity index (χ4v) is 9.97. The van der Waals surface area contributed by atoms with E-state index in [1.807, 2.05) is 0 Å². The maximum absolute atomic E-state index is 2.44. The Morgan fingerprint density at radius 2 is 0.828 bits per heavy atom. The first kappa shape index (κ1) is 37.7. The zero-order valence-corrected chi connectivity index (χ0v) is 35.3. The lowest BCUT2D eigenvalue weighted by Gasteiger charge is -2.31. The second-order valence-electron chi connectivity index (χ2n) is 16.6. The van der Waals surface area contributed by atoms with Gasteiger partial charge in [0.2, 0.25) is 0 Å². The Bertz CT molecular complexity index is 3040. The highest BCUT2D eigenvalue weighted by molar-refractivity contribution is 6.77. The number of benzene rings is 7. The lowest BCUT2D eigenvalue weighted by atomic mass is 9.71. The lowest BCUT2D eigenvalue weighted by Crippen LogP contribution is -2.42. The van der Waals surface area contributed by atoms with Crippen molar-refractivity contribution in [1.29, 1.82) is 0 Å². The van der Waals surface area contributed by atoms with Crippen molar-refractivity contribution >= 4 is 82.1 Å². The van der Waals surface area contributed by atoms with Crippen LogP contribution in [0.2, 0.25) is 0 Å². The summed E-state index contributed by atoms with van der Waals surface area (Å²) in [6.07, 6.45) is 19.4. The zero-order valence-electron chi connectivity index (χ0n) is 35.3. The SMILES string of the molecule is C1=CB2N(C=C1)c1cc(N(C3=CC=C(c4ccc(N(c5ccccc5)c5ccc6c(c5)N5C=CC=CB5N6c5ccccc5)cc4)CC3)c3ccccc3)ccc1N2c1ccccc1. The van der Waals surface area contributed by atoms with Crippen LogP contribution in [0.3, 0.4) is 0 Å². The fourth-order valence-electron chi connectivity index (χ4n) is 9.97. The fraction of sp³-hybridized carbons (Fsp3) is 0.0357. The molecule has 1 aliphatic carbocycles. The van der Waals surface area contributed by atoms with Crippen molar-refractivity contribution in [2.24, 2.45) is 0 Å². The van der Waals surface area contributed by atoms with E-state index in [1.165, 1.54) is 51.0 Å². The van der Waals surface area contributed by atoms with E-state index < -0.39 is 0 Å². The summed E-state index contributed by atoms with van der Waals surface area (Å²) in [7, 11) is 0. The average molecular weight is 823 g/mol. The average Bonchev–Trinajstić information content (AvgIpc) is 3.88. The molecular formula is C56H44B2N6. The molecule has 4 heterocycles. The van der Waals surface area contributed by atoms with Crippen LogP contribution in [0, 0.1) is 0 Å². The molecule has 0 atom stereocenters. The smallest absolute Gasteiger partial charge is 0.366 e. The second kappa shape index (κ2) is 16.0. The molecule has 12 rings (SSSR count). The molecule has 0 amide bonds. The quantitative estimate of drug-likeness (QED) is 0.134. The molecule has 0 bridgehead atoms. The molecule has 0 aromatic heterocycles. The molecule has 0 radical (unpaired) electrons. The van der Waals surface area contributed by atoms with Crippen molar-refractivity contribution in [3.63, 3.8) is 0 Å². The van der Waals surface area contributed by atoms with Gasteiger partial charge in [-0.2, -0.15) is 0 Å². The molecule has 0 N–H and O–H groups in total. The highest BCUT2D eigenvalue weighted by atomic mass is 15.3. The third-order valence-corrected chi connectivity index (χ3v) is 12.9. The number of nitrogens with zero attached hydrogens (tertiary/aromatic N) is 6. The van der Waals surface area contributed by atoms with Crippen molar-refractivity contribution in [2.45, 2.75) is 12.8 Å². The maximum atomic E-state index is 2.44. The zero-order chi connectivity index (χ0) is 42.4. The Labute approximate surface area is 376 Å². The first-order valence-corrected chi connectivity index (χ1v) is 22.2. The van der Waals surface area contributed by atoms with E-state index in [-0.39, 0.29) is 14.0 Å². The third-order valence-electron chi connectivity index (χ3n) is 12.9. The maximum Gasteiger partial charge on any atom is 0.412 e. The summed E-state index contributed by atoms with van der Waals surface area (Å²) in [5.74, 6) is 4.54. The number of para-hydroxylation sites is 4. The summed E-state index contributed by atoms with van der Waals surface area (Å²) < 4.78 is 0. The van der Waals surface area contributed by atoms with Gasteiger partial charge in [-0.15, -0.1) is 0 Å².